The Morgan fingerprint density at radius 3 is 2.40 bits per heavy atom. The van der Waals surface area contributed by atoms with Crippen LogP contribution in [0.4, 0.5) is 0 Å². The maximum Gasteiger partial charge on any atom is 0.253 e. The zero-order valence-corrected chi connectivity index (χ0v) is 15.6. The zero-order chi connectivity index (χ0) is 17.5. The standard InChI is InChI=1S/C21H26N2OS/c1-22-15-17-11-13-23(14-12-17)21(24)19-7-9-20(10-8-19)25-16-18-5-3-2-4-6-18/h2-10,17,22H,11-16H2,1H3. The molecule has 1 amide bonds. The highest BCUT2D eigenvalue weighted by Gasteiger charge is 2.23. The van der Waals surface area contributed by atoms with Gasteiger partial charge in [0.2, 0.25) is 0 Å². The minimum absolute atomic E-state index is 0.169. The highest BCUT2D eigenvalue weighted by atomic mass is 32.2. The summed E-state index contributed by atoms with van der Waals surface area (Å²) in [6.45, 7) is 2.79. The first kappa shape index (κ1) is 18.0. The van der Waals surface area contributed by atoms with Gasteiger partial charge in [-0.1, -0.05) is 30.3 Å². The van der Waals surface area contributed by atoms with Gasteiger partial charge < -0.3 is 10.2 Å². The number of nitrogens with zero attached hydrogens (tertiary/aromatic N) is 1. The van der Waals surface area contributed by atoms with Crippen molar-refractivity contribution in [3.63, 3.8) is 0 Å². The summed E-state index contributed by atoms with van der Waals surface area (Å²) >= 11 is 1.80. The van der Waals surface area contributed by atoms with Crippen molar-refractivity contribution in [1.82, 2.24) is 10.2 Å². The number of carbonyl (C=O) groups excluding carboxylic acids is 1. The Hall–Kier alpha value is -1.78. The van der Waals surface area contributed by atoms with E-state index in [0.29, 0.717) is 5.92 Å². The van der Waals surface area contributed by atoms with Crippen molar-refractivity contribution in [2.24, 2.45) is 5.92 Å². The van der Waals surface area contributed by atoms with E-state index in [1.165, 1.54) is 10.5 Å². The van der Waals surface area contributed by atoms with Crippen molar-refractivity contribution < 1.29 is 4.79 Å². The summed E-state index contributed by atoms with van der Waals surface area (Å²) in [4.78, 5) is 15.9. The van der Waals surface area contributed by atoms with Crippen molar-refractivity contribution in [2.75, 3.05) is 26.7 Å². The molecule has 0 unspecified atom stereocenters. The Labute approximate surface area is 154 Å². The SMILES string of the molecule is CNCC1CCN(C(=O)c2ccc(SCc3ccccc3)cc2)CC1. The van der Waals surface area contributed by atoms with Crippen LogP contribution in [0, 0.1) is 5.92 Å². The van der Waals surface area contributed by atoms with Crippen LogP contribution in [-0.4, -0.2) is 37.5 Å². The first-order chi connectivity index (χ1) is 12.3. The quantitative estimate of drug-likeness (QED) is 0.794. The Morgan fingerprint density at radius 2 is 1.76 bits per heavy atom. The Balaban J connectivity index is 1.52. The minimum Gasteiger partial charge on any atom is -0.339 e. The number of hydrogen-bond donors (Lipinski definition) is 1. The number of carbonyl (C=O) groups is 1. The second-order valence-corrected chi connectivity index (χ2v) is 7.64. The Kier molecular flexibility index (Phi) is 6.54. The molecule has 0 bridgehead atoms. The summed E-state index contributed by atoms with van der Waals surface area (Å²) in [5.41, 5.74) is 2.12. The van der Waals surface area contributed by atoms with E-state index in [9.17, 15) is 4.79 Å². The molecule has 1 heterocycles. The van der Waals surface area contributed by atoms with E-state index < -0.39 is 0 Å². The minimum atomic E-state index is 0.169. The Bertz CT molecular complexity index is 664. The molecular weight excluding hydrogens is 328 g/mol. The lowest BCUT2D eigenvalue weighted by Crippen LogP contribution is -2.40. The molecule has 2 aromatic carbocycles. The molecule has 3 rings (SSSR count). The number of nitrogens with one attached hydrogen (secondary N) is 1. The molecule has 2 aromatic rings. The van der Waals surface area contributed by atoms with Crippen LogP contribution in [0.5, 0.6) is 0 Å². The molecule has 25 heavy (non-hydrogen) atoms. The first-order valence-corrected chi connectivity index (χ1v) is 9.95. The highest BCUT2D eigenvalue weighted by Crippen LogP contribution is 2.24. The molecule has 0 radical (unpaired) electrons. The normalized spacial score (nSPS) is 15.3. The predicted octanol–water partition coefficient (Wildman–Crippen LogP) is 4.05. The lowest BCUT2D eigenvalue weighted by atomic mass is 9.96. The molecule has 4 heteroatoms. The smallest absolute Gasteiger partial charge is 0.253 e. The third kappa shape index (κ3) is 5.10. The monoisotopic (exact) mass is 354 g/mol. The fraction of sp³-hybridized carbons (Fsp3) is 0.381. The van der Waals surface area contributed by atoms with Crippen LogP contribution in [-0.2, 0) is 5.75 Å². The van der Waals surface area contributed by atoms with Crippen molar-refractivity contribution >= 4 is 17.7 Å². The van der Waals surface area contributed by atoms with Gasteiger partial charge in [-0.2, -0.15) is 0 Å². The van der Waals surface area contributed by atoms with Gasteiger partial charge >= 0.3 is 0 Å². The second-order valence-electron chi connectivity index (χ2n) is 6.59. The van der Waals surface area contributed by atoms with E-state index in [2.05, 4.69) is 41.7 Å². The van der Waals surface area contributed by atoms with Crippen LogP contribution >= 0.6 is 11.8 Å². The lowest BCUT2D eigenvalue weighted by molar-refractivity contribution is 0.0691. The molecule has 0 saturated carbocycles. The van der Waals surface area contributed by atoms with E-state index in [0.717, 1.165) is 43.8 Å². The summed E-state index contributed by atoms with van der Waals surface area (Å²) in [6.07, 6.45) is 2.19. The third-order valence-electron chi connectivity index (χ3n) is 4.74. The fourth-order valence-corrected chi connectivity index (χ4v) is 4.10. The average molecular weight is 355 g/mol. The highest BCUT2D eigenvalue weighted by molar-refractivity contribution is 7.98. The predicted molar refractivity (Wildman–Crippen MR) is 105 cm³/mol. The topological polar surface area (TPSA) is 32.3 Å². The fourth-order valence-electron chi connectivity index (χ4n) is 3.25. The van der Waals surface area contributed by atoms with Gasteiger partial charge in [-0.15, -0.1) is 11.8 Å². The van der Waals surface area contributed by atoms with Gasteiger partial charge in [0, 0.05) is 29.3 Å². The van der Waals surface area contributed by atoms with Gasteiger partial charge in [-0.25, -0.2) is 0 Å². The maximum absolute atomic E-state index is 12.7. The number of likely N-dealkylation sites (tertiary alicyclic amines) is 1. The van der Waals surface area contributed by atoms with E-state index in [1.807, 2.05) is 30.1 Å². The van der Waals surface area contributed by atoms with Gasteiger partial charge in [0.05, 0.1) is 0 Å². The van der Waals surface area contributed by atoms with Gasteiger partial charge in [0.25, 0.3) is 5.91 Å². The average Bonchev–Trinajstić information content (AvgIpc) is 2.68. The third-order valence-corrected chi connectivity index (χ3v) is 5.83. The van der Waals surface area contributed by atoms with Crippen LogP contribution in [0.2, 0.25) is 0 Å². The van der Waals surface area contributed by atoms with E-state index in [1.54, 1.807) is 11.8 Å². The number of thioether (sulfide) groups is 1. The molecule has 0 aliphatic carbocycles. The molecule has 0 aromatic heterocycles. The van der Waals surface area contributed by atoms with Gasteiger partial charge in [-0.05, 0) is 62.2 Å². The lowest BCUT2D eigenvalue weighted by Gasteiger charge is -2.32. The number of benzene rings is 2. The van der Waals surface area contributed by atoms with Crippen molar-refractivity contribution in [1.29, 1.82) is 0 Å². The summed E-state index contributed by atoms with van der Waals surface area (Å²) in [5, 5.41) is 3.24. The number of hydrogen-bond acceptors (Lipinski definition) is 3. The van der Waals surface area contributed by atoms with E-state index in [4.69, 9.17) is 0 Å². The molecule has 1 aliphatic rings. The van der Waals surface area contributed by atoms with Crippen LogP contribution in [0.1, 0.15) is 28.8 Å². The molecule has 132 valence electrons. The van der Waals surface area contributed by atoms with E-state index >= 15 is 0 Å². The number of piperidine rings is 1. The molecule has 1 saturated heterocycles. The van der Waals surface area contributed by atoms with Crippen LogP contribution < -0.4 is 5.32 Å². The molecule has 1 N–H and O–H groups in total. The molecular formula is C21H26N2OS. The molecule has 3 nitrogen and oxygen atoms in total. The van der Waals surface area contributed by atoms with Crippen LogP contribution in [0.3, 0.4) is 0 Å². The Morgan fingerprint density at radius 1 is 1.08 bits per heavy atom. The van der Waals surface area contributed by atoms with Crippen molar-refractivity contribution in [3.05, 3.63) is 65.7 Å². The van der Waals surface area contributed by atoms with Crippen LogP contribution in [0.15, 0.2) is 59.5 Å². The maximum atomic E-state index is 12.7. The largest absolute Gasteiger partial charge is 0.339 e. The summed E-state index contributed by atoms with van der Waals surface area (Å²) in [5.74, 6) is 1.82. The number of rotatable bonds is 6. The van der Waals surface area contributed by atoms with Gasteiger partial charge in [0.1, 0.15) is 0 Å². The second kappa shape index (κ2) is 9.07. The summed E-state index contributed by atoms with van der Waals surface area (Å²) < 4.78 is 0. The van der Waals surface area contributed by atoms with Crippen LogP contribution in [0.25, 0.3) is 0 Å². The van der Waals surface area contributed by atoms with Crippen molar-refractivity contribution in [3.8, 4) is 0 Å². The van der Waals surface area contributed by atoms with Gasteiger partial charge in [0.15, 0.2) is 0 Å². The molecule has 0 atom stereocenters. The first-order valence-electron chi connectivity index (χ1n) is 8.97. The van der Waals surface area contributed by atoms with Gasteiger partial charge in [-0.3, -0.25) is 4.79 Å². The van der Waals surface area contributed by atoms with Crippen molar-refractivity contribution in [2.45, 2.75) is 23.5 Å². The molecule has 0 spiro atoms. The molecule has 1 aliphatic heterocycles. The molecule has 1 fully saturated rings. The number of amides is 1. The zero-order valence-electron chi connectivity index (χ0n) is 14.8. The summed E-state index contributed by atoms with van der Waals surface area (Å²) in [6, 6.07) is 18.5. The van der Waals surface area contributed by atoms with E-state index in [-0.39, 0.29) is 5.91 Å². The summed E-state index contributed by atoms with van der Waals surface area (Å²) in [7, 11) is 1.99.